The van der Waals surface area contributed by atoms with Gasteiger partial charge < -0.3 is 0 Å². The minimum Gasteiger partial charge on any atom is -0.293 e. The molecule has 1 aliphatic rings. The zero-order valence-electron chi connectivity index (χ0n) is 9.73. The topological polar surface area (TPSA) is 51.2 Å². The van der Waals surface area contributed by atoms with Crippen molar-refractivity contribution in [1.82, 2.24) is 0 Å². The Morgan fingerprint density at radius 2 is 1.82 bits per heavy atom. The van der Waals surface area contributed by atoms with Crippen molar-refractivity contribution < 1.29 is 14.4 Å². The number of carbonyl (C=O) groups is 3. The third kappa shape index (κ3) is 2.33. The fraction of sp³-hybridized carbons (Fsp3) is 0.357. The van der Waals surface area contributed by atoms with Crippen molar-refractivity contribution in [2.45, 2.75) is 26.2 Å². The van der Waals surface area contributed by atoms with Crippen LogP contribution in [-0.2, 0) is 9.59 Å². The first-order chi connectivity index (χ1) is 8.09. The Morgan fingerprint density at radius 3 is 2.47 bits per heavy atom. The highest BCUT2D eigenvalue weighted by molar-refractivity contribution is 6.42. The molecule has 88 valence electrons. The SMILES string of the molecule is Cc1ccc(C(=O)C2CCCC(=O)C2=O)cc1. The Labute approximate surface area is 99.8 Å². The van der Waals surface area contributed by atoms with E-state index < -0.39 is 17.5 Å². The molecular weight excluding hydrogens is 216 g/mol. The molecule has 17 heavy (non-hydrogen) atoms. The van der Waals surface area contributed by atoms with E-state index in [1.54, 1.807) is 12.1 Å². The summed E-state index contributed by atoms with van der Waals surface area (Å²) in [4.78, 5) is 35.0. The number of hydrogen-bond acceptors (Lipinski definition) is 3. The molecule has 3 heteroatoms. The summed E-state index contributed by atoms with van der Waals surface area (Å²) >= 11 is 0. The van der Waals surface area contributed by atoms with Crippen LogP contribution in [0.25, 0.3) is 0 Å². The predicted molar refractivity (Wildman–Crippen MR) is 62.9 cm³/mol. The summed E-state index contributed by atoms with van der Waals surface area (Å²) in [5, 5.41) is 0. The second-order valence-corrected chi connectivity index (χ2v) is 4.46. The second kappa shape index (κ2) is 4.62. The molecule has 3 nitrogen and oxygen atoms in total. The van der Waals surface area contributed by atoms with Gasteiger partial charge in [-0.05, 0) is 19.8 Å². The van der Waals surface area contributed by atoms with Crippen molar-refractivity contribution in [2.75, 3.05) is 0 Å². The summed E-state index contributed by atoms with van der Waals surface area (Å²) in [6.07, 6.45) is 1.42. The molecule has 1 aromatic carbocycles. The second-order valence-electron chi connectivity index (χ2n) is 4.46. The first-order valence-electron chi connectivity index (χ1n) is 5.77. The number of ketones is 3. The minimum atomic E-state index is -0.751. The Balaban J connectivity index is 2.22. The third-order valence-electron chi connectivity index (χ3n) is 3.14. The van der Waals surface area contributed by atoms with E-state index in [9.17, 15) is 14.4 Å². The van der Waals surface area contributed by atoms with Crippen LogP contribution in [0, 0.1) is 12.8 Å². The van der Waals surface area contributed by atoms with Crippen LogP contribution in [0.5, 0.6) is 0 Å². The van der Waals surface area contributed by atoms with Gasteiger partial charge in [0.05, 0.1) is 5.92 Å². The highest BCUT2D eigenvalue weighted by Gasteiger charge is 2.34. The number of Topliss-reactive ketones (excluding diaryl/α,β-unsaturated/α-hetero) is 3. The quantitative estimate of drug-likeness (QED) is 0.444. The van der Waals surface area contributed by atoms with E-state index in [-0.39, 0.29) is 12.2 Å². The van der Waals surface area contributed by atoms with E-state index >= 15 is 0 Å². The standard InChI is InChI=1S/C14H14O3/c1-9-5-7-10(8-6-9)13(16)11-3-2-4-12(15)14(11)17/h5-8,11H,2-4H2,1H3. The molecule has 0 spiro atoms. The van der Waals surface area contributed by atoms with Gasteiger partial charge in [-0.25, -0.2) is 0 Å². The highest BCUT2D eigenvalue weighted by atomic mass is 16.2. The molecule has 1 unspecified atom stereocenters. The lowest BCUT2D eigenvalue weighted by Crippen LogP contribution is -2.34. The van der Waals surface area contributed by atoms with Gasteiger partial charge in [0.25, 0.3) is 0 Å². The van der Waals surface area contributed by atoms with Gasteiger partial charge in [-0.3, -0.25) is 14.4 Å². The largest absolute Gasteiger partial charge is 0.293 e. The average Bonchev–Trinajstić information content (AvgIpc) is 2.33. The fourth-order valence-electron chi connectivity index (χ4n) is 2.08. The molecule has 0 aromatic heterocycles. The van der Waals surface area contributed by atoms with Gasteiger partial charge in [0.15, 0.2) is 11.6 Å². The van der Waals surface area contributed by atoms with Crippen molar-refractivity contribution in [3.05, 3.63) is 35.4 Å². The fourth-order valence-corrected chi connectivity index (χ4v) is 2.08. The molecule has 0 heterocycles. The van der Waals surface area contributed by atoms with Gasteiger partial charge in [0, 0.05) is 12.0 Å². The molecule has 1 saturated carbocycles. The van der Waals surface area contributed by atoms with Gasteiger partial charge in [-0.15, -0.1) is 0 Å². The highest BCUT2D eigenvalue weighted by Crippen LogP contribution is 2.22. The van der Waals surface area contributed by atoms with E-state index in [0.29, 0.717) is 18.4 Å². The molecule has 0 radical (unpaired) electrons. The maximum absolute atomic E-state index is 12.1. The lowest BCUT2D eigenvalue weighted by molar-refractivity contribution is -0.139. The number of hydrogen-bond donors (Lipinski definition) is 0. The van der Waals surface area contributed by atoms with E-state index in [1.807, 2.05) is 19.1 Å². The summed E-state index contributed by atoms with van der Waals surface area (Å²) in [5.74, 6) is -1.88. The molecule has 0 N–H and O–H groups in total. The van der Waals surface area contributed by atoms with Crippen molar-refractivity contribution in [3.8, 4) is 0 Å². The normalized spacial score (nSPS) is 20.4. The summed E-state index contributed by atoms with van der Waals surface area (Å²) in [7, 11) is 0. The van der Waals surface area contributed by atoms with E-state index in [0.717, 1.165) is 5.56 Å². The van der Waals surface area contributed by atoms with Crippen LogP contribution in [0.4, 0.5) is 0 Å². The Hall–Kier alpha value is -1.77. The molecule has 0 bridgehead atoms. The first kappa shape index (κ1) is 11.7. The smallest absolute Gasteiger partial charge is 0.209 e. The number of carbonyl (C=O) groups excluding carboxylic acids is 3. The first-order valence-corrected chi connectivity index (χ1v) is 5.77. The summed E-state index contributed by atoms with van der Waals surface area (Å²) in [6, 6.07) is 7.10. The van der Waals surface area contributed by atoms with Crippen LogP contribution in [0.1, 0.15) is 35.2 Å². The van der Waals surface area contributed by atoms with Gasteiger partial charge in [0.2, 0.25) is 5.78 Å². The zero-order valence-corrected chi connectivity index (χ0v) is 9.73. The molecule has 1 atom stereocenters. The van der Waals surface area contributed by atoms with Crippen molar-refractivity contribution in [1.29, 1.82) is 0 Å². The monoisotopic (exact) mass is 230 g/mol. The molecule has 1 aromatic rings. The lowest BCUT2D eigenvalue weighted by atomic mass is 9.82. The lowest BCUT2D eigenvalue weighted by Gasteiger charge is -2.18. The van der Waals surface area contributed by atoms with E-state index in [2.05, 4.69) is 0 Å². The van der Waals surface area contributed by atoms with Gasteiger partial charge in [0.1, 0.15) is 0 Å². The van der Waals surface area contributed by atoms with Crippen LogP contribution >= 0.6 is 0 Å². The maximum atomic E-state index is 12.1. The van der Waals surface area contributed by atoms with Crippen LogP contribution in [0.15, 0.2) is 24.3 Å². The molecule has 0 amide bonds. The summed E-state index contributed by atoms with van der Waals surface area (Å²) in [6.45, 7) is 1.93. The number of benzene rings is 1. The van der Waals surface area contributed by atoms with Gasteiger partial charge in [-0.2, -0.15) is 0 Å². The van der Waals surface area contributed by atoms with Gasteiger partial charge in [-0.1, -0.05) is 29.8 Å². The molecule has 0 aliphatic heterocycles. The maximum Gasteiger partial charge on any atom is 0.209 e. The predicted octanol–water partition coefficient (Wildman–Crippen LogP) is 2.12. The molecule has 0 saturated heterocycles. The van der Waals surface area contributed by atoms with Gasteiger partial charge >= 0.3 is 0 Å². The minimum absolute atomic E-state index is 0.219. The molecule has 2 rings (SSSR count). The third-order valence-corrected chi connectivity index (χ3v) is 3.14. The van der Waals surface area contributed by atoms with E-state index in [1.165, 1.54) is 0 Å². The van der Waals surface area contributed by atoms with Crippen LogP contribution in [0.2, 0.25) is 0 Å². The average molecular weight is 230 g/mol. The Kier molecular flexibility index (Phi) is 3.18. The summed E-state index contributed by atoms with van der Waals surface area (Å²) in [5.41, 5.74) is 1.58. The van der Waals surface area contributed by atoms with Crippen molar-refractivity contribution in [3.63, 3.8) is 0 Å². The molecule has 1 fully saturated rings. The van der Waals surface area contributed by atoms with Crippen LogP contribution < -0.4 is 0 Å². The molecular formula is C14H14O3. The van der Waals surface area contributed by atoms with E-state index in [4.69, 9.17) is 0 Å². The van der Waals surface area contributed by atoms with Crippen LogP contribution in [0.3, 0.4) is 0 Å². The zero-order chi connectivity index (χ0) is 12.4. The van der Waals surface area contributed by atoms with Crippen molar-refractivity contribution >= 4 is 17.3 Å². The Bertz CT molecular complexity index is 471. The molecule has 1 aliphatic carbocycles. The number of rotatable bonds is 2. The van der Waals surface area contributed by atoms with Crippen LogP contribution in [-0.4, -0.2) is 17.3 Å². The summed E-state index contributed by atoms with van der Waals surface area (Å²) < 4.78 is 0. The van der Waals surface area contributed by atoms with Crippen molar-refractivity contribution in [2.24, 2.45) is 5.92 Å². The number of aryl methyl sites for hydroxylation is 1. The Morgan fingerprint density at radius 1 is 1.18 bits per heavy atom.